The minimum absolute atomic E-state index is 0.218. The maximum absolute atomic E-state index is 12.4. The van der Waals surface area contributed by atoms with E-state index in [0.717, 1.165) is 10.8 Å². The van der Waals surface area contributed by atoms with Crippen LogP contribution in [0, 0.1) is 0 Å². The van der Waals surface area contributed by atoms with Gasteiger partial charge in [-0.25, -0.2) is 5.43 Å². The molecule has 1 N–H and O–H groups in total. The van der Waals surface area contributed by atoms with E-state index in [1.54, 1.807) is 31.2 Å². The molecule has 1 heterocycles. The summed E-state index contributed by atoms with van der Waals surface area (Å²) in [5.74, 6) is 0.185. The molecule has 6 heteroatoms. The Bertz CT molecular complexity index is 1270. The van der Waals surface area contributed by atoms with E-state index in [1.807, 2.05) is 42.5 Å². The van der Waals surface area contributed by atoms with Gasteiger partial charge in [0.25, 0.3) is 5.91 Å². The SMILES string of the molecule is CC(Oc1cccc2ccccc12)C(=O)N/N=C/c1coc2ccccc2c1=O. The molecule has 0 aliphatic rings. The first kappa shape index (κ1) is 18.4. The van der Waals surface area contributed by atoms with Crippen LogP contribution in [0.25, 0.3) is 21.7 Å². The number of hydrazone groups is 1. The first-order valence-electron chi connectivity index (χ1n) is 9.11. The lowest BCUT2D eigenvalue weighted by atomic mass is 10.1. The van der Waals surface area contributed by atoms with E-state index in [1.165, 1.54) is 12.5 Å². The van der Waals surface area contributed by atoms with E-state index < -0.39 is 12.0 Å². The van der Waals surface area contributed by atoms with Crippen LogP contribution in [0.3, 0.4) is 0 Å². The topological polar surface area (TPSA) is 80.9 Å². The van der Waals surface area contributed by atoms with Gasteiger partial charge in [-0.3, -0.25) is 9.59 Å². The van der Waals surface area contributed by atoms with Crippen molar-refractivity contribution < 1.29 is 13.9 Å². The van der Waals surface area contributed by atoms with Gasteiger partial charge in [0.15, 0.2) is 6.10 Å². The van der Waals surface area contributed by atoms with Crippen molar-refractivity contribution in [2.45, 2.75) is 13.0 Å². The summed E-state index contributed by atoms with van der Waals surface area (Å²) < 4.78 is 11.2. The average Bonchev–Trinajstić information content (AvgIpc) is 2.75. The standard InChI is InChI=1S/C23H18N2O4/c1-15(29-21-12-6-8-16-7-2-3-9-18(16)21)23(27)25-24-13-17-14-28-20-11-5-4-10-19(20)22(17)26/h2-15H,1H3,(H,25,27)/b24-13+. The van der Waals surface area contributed by atoms with Gasteiger partial charge >= 0.3 is 0 Å². The van der Waals surface area contributed by atoms with Crippen LogP contribution in [0.1, 0.15) is 12.5 Å². The predicted octanol–water partition coefficient (Wildman–Crippen LogP) is 3.86. The van der Waals surface area contributed by atoms with Gasteiger partial charge in [-0.05, 0) is 30.5 Å². The zero-order valence-corrected chi connectivity index (χ0v) is 15.7. The number of nitrogens with one attached hydrogen (secondary N) is 1. The molecule has 4 rings (SSSR count). The summed E-state index contributed by atoms with van der Waals surface area (Å²) in [6.07, 6.45) is 1.81. The highest BCUT2D eigenvalue weighted by atomic mass is 16.5. The van der Waals surface area contributed by atoms with E-state index in [9.17, 15) is 9.59 Å². The van der Waals surface area contributed by atoms with Crippen molar-refractivity contribution in [3.05, 3.63) is 88.8 Å². The van der Waals surface area contributed by atoms with Crippen LogP contribution in [-0.2, 0) is 4.79 Å². The molecule has 3 aromatic carbocycles. The largest absolute Gasteiger partial charge is 0.480 e. The normalized spacial score (nSPS) is 12.3. The Morgan fingerprint density at radius 2 is 1.76 bits per heavy atom. The zero-order chi connectivity index (χ0) is 20.2. The third kappa shape index (κ3) is 3.87. The Morgan fingerprint density at radius 3 is 2.62 bits per heavy atom. The average molecular weight is 386 g/mol. The van der Waals surface area contributed by atoms with Gasteiger partial charge in [0.05, 0.1) is 17.2 Å². The van der Waals surface area contributed by atoms with Crippen molar-refractivity contribution in [2.75, 3.05) is 0 Å². The van der Waals surface area contributed by atoms with Gasteiger partial charge in [0.1, 0.15) is 17.6 Å². The van der Waals surface area contributed by atoms with Gasteiger partial charge in [0.2, 0.25) is 5.43 Å². The maximum atomic E-state index is 12.4. The van der Waals surface area contributed by atoms with Crippen LogP contribution >= 0.6 is 0 Å². The quantitative estimate of drug-likeness (QED) is 0.417. The van der Waals surface area contributed by atoms with Crippen LogP contribution in [-0.4, -0.2) is 18.2 Å². The summed E-state index contributed by atoms with van der Waals surface area (Å²) in [5, 5.41) is 6.27. The van der Waals surface area contributed by atoms with Gasteiger partial charge in [0, 0.05) is 5.39 Å². The Labute approximate surface area is 166 Å². The molecule has 6 nitrogen and oxygen atoms in total. The van der Waals surface area contributed by atoms with Crippen LogP contribution in [0.4, 0.5) is 0 Å². The van der Waals surface area contributed by atoms with Gasteiger partial charge < -0.3 is 9.15 Å². The molecular weight excluding hydrogens is 368 g/mol. The first-order valence-corrected chi connectivity index (χ1v) is 9.11. The number of para-hydroxylation sites is 1. The van der Waals surface area contributed by atoms with Crippen molar-refractivity contribution >= 4 is 33.9 Å². The van der Waals surface area contributed by atoms with Crippen LogP contribution < -0.4 is 15.6 Å². The number of carbonyl (C=O) groups excluding carboxylic acids is 1. The molecule has 0 saturated carbocycles. The molecule has 0 aliphatic carbocycles. The summed E-state index contributed by atoms with van der Waals surface area (Å²) in [7, 11) is 0. The van der Waals surface area contributed by atoms with E-state index in [0.29, 0.717) is 16.7 Å². The first-order chi connectivity index (χ1) is 14.1. The lowest BCUT2D eigenvalue weighted by molar-refractivity contribution is -0.127. The van der Waals surface area contributed by atoms with Crippen molar-refractivity contribution in [2.24, 2.45) is 5.10 Å². The lowest BCUT2D eigenvalue weighted by Crippen LogP contribution is -2.33. The third-order valence-electron chi connectivity index (χ3n) is 4.51. The summed E-state index contributed by atoms with van der Waals surface area (Å²) in [4.78, 5) is 24.7. The number of nitrogens with zero attached hydrogens (tertiary/aromatic N) is 1. The summed E-state index contributed by atoms with van der Waals surface area (Å²) in [5.41, 5.74) is 2.92. The highest BCUT2D eigenvalue weighted by Gasteiger charge is 2.15. The van der Waals surface area contributed by atoms with Crippen molar-refractivity contribution in [3.8, 4) is 5.75 Å². The molecule has 0 radical (unpaired) electrons. The smallest absolute Gasteiger partial charge is 0.280 e. The summed E-state index contributed by atoms with van der Waals surface area (Å²) in [6, 6.07) is 20.4. The molecule has 1 atom stereocenters. The number of carbonyl (C=O) groups is 1. The second kappa shape index (κ2) is 7.98. The van der Waals surface area contributed by atoms with E-state index >= 15 is 0 Å². The fourth-order valence-corrected chi connectivity index (χ4v) is 2.98. The molecule has 1 amide bonds. The number of hydrogen-bond acceptors (Lipinski definition) is 5. The van der Waals surface area contributed by atoms with E-state index in [2.05, 4.69) is 10.5 Å². The molecule has 29 heavy (non-hydrogen) atoms. The number of benzene rings is 3. The molecule has 1 aromatic heterocycles. The molecule has 144 valence electrons. The molecule has 0 bridgehead atoms. The molecule has 0 saturated heterocycles. The summed E-state index contributed by atoms with van der Waals surface area (Å²) >= 11 is 0. The van der Waals surface area contributed by atoms with Gasteiger partial charge in [-0.2, -0.15) is 5.10 Å². The van der Waals surface area contributed by atoms with Crippen molar-refractivity contribution in [3.63, 3.8) is 0 Å². The Morgan fingerprint density at radius 1 is 1.03 bits per heavy atom. The van der Waals surface area contributed by atoms with Crippen molar-refractivity contribution in [1.29, 1.82) is 0 Å². The molecule has 0 fully saturated rings. The number of amides is 1. The molecular formula is C23H18N2O4. The number of hydrogen-bond donors (Lipinski definition) is 1. The fraction of sp³-hybridized carbons (Fsp3) is 0.0870. The number of fused-ring (bicyclic) bond motifs is 2. The Balaban J connectivity index is 1.45. The van der Waals surface area contributed by atoms with Gasteiger partial charge in [-0.1, -0.05) is 48.5 Å². The molecule has 1 unspecified atom stereocenters. The minimum Gasteiger partial charge on any atom is -0.480 e. The van der Waals surface area contributed by atoms with E-state index in [-0.39, 0.29) is 11.0 Å². The highest BCUT2D eigenvalue weighted by molar-refractivity contribution is 5.90. The van der Waals surface area contributed by atoms with Crippen molar-refractivity contribution in [1.82, 2.24) is 5.43 Å². The van der Waals surface area contributed by atoms with Crippen LogP contribution in [0.2, 0.25) is 0 Å². The molecule has 0 spiro atoms. The minimum atomic E-state index is -0.772. The Hall–Kier alpha value is -3.93. The highest BCUT2D eigenvalue weighted by Crippen LogP contribution is 2.26. The second-order valence-corrected chi connectivity index (χ2v) is 6.49. The van der Waals surface area contributed by atoms with Crippen LogP contribution in [0.15, 0.2) is 87.3 Å². The van der Waals surface area contributed by atoms with E-state index in [4.69, 9.17) is 9.15 Å². The van der Waals surface area contributed by atoms with Gasteiger partial charge in [-0.15, -0.1) is 0 Å². The fourth-order valence-electron chi connectivity index (χ4n) is 2.98. The number of ether oxygens (including phenoxy) is 1. The third-order valence-corrected chi connectivity index (χ3v) is 4.51. The number of rotatable bonds is 5. The molecule has 4 aromatic rings. The maximum Gasteiger partial charge on any atom is 0.280 e. The zero-order valence-electron chi connectivity index (χ0n) is 15.7. The lowest BCUT2D eigenvalue weighted by Gasteiger charge is -2.14. The summed E-state index contributed by atoms with van der Waals surface area (Å²) in [6.45, 7) is 1.64. The molecule has 0 aliphatic heterocycles. The Kier molecular flexibility index (Phi) is 5.07. The second-order valence-electron chi connectivity index (χ2n) is 6.49. The monoisotopic (exact) mass is 386 g/mol. The predicted molar refractivity (Wildman–Crippen MR) is 112 cm³/mol. The van der Waals surface area contributed by atoms with Crippen LogP contribution in [0.5, 0.6) is 5.75 Å².